The summed E-state index contributed by atoms with van der Waals surface area (Å²) in [5.41, 5.74) is 4.53. The molecule has 0 atom stereocenters. The van der Waals surface area contributed by atoms with Crippen molar-refractivity contribution in [3.05, 3.63) is 63.2 Å². The van der Waals surface area contributed by atoms with Crippen molar-refractivity contribution in [3.8, 4) is 0 Å². The number of hydrogen-bond donors (Lipinski definition) is 2. The Bertz CT molecular complexity index is 780. The summed E-state index contributed by atoms with van der Waals surface area (Å²) in [6, 6.07) is 14.4. The maximum Gasteiger partial charge on any atom is 0.0710 e. The van der Waals surface area contributed by atoms with E-state index in [2.05, 4.69) is 45.3 Å². The van der Waals surface area contributed by atoms with Gasteiger partial charge < -0.3 is 10.3 Å². The molecular formula is C17H16BrClN2. The number of H-pyrrole nitrogens is 1. The molecule has 0 radical (unpaired) electrons. The molecule has 0 aliphatic heterocycles. The molecule has 0 saturated carbocycles. The SMILES string of the molecule is CCc1cc(Br)ccc1NCc1[nH]c2ccccc2c1Cl. The van der Waals surface area contributed by atoms with E-state index in [9.17, 15) is 0 Å². The number of rotatable bonds is 4. The minimum atomic E-state index is 0.683. The van der Waals surface area contributed by atoms with Crippen LogP contribution < -0.4 is 5.32 Å². The maximum atomic E-state index is 6.44. The van der Waals surface area contributed by atoms with Crippen molar-refractivity contribution in [2.45, 2.75) is 19.9 Å². The van der Waals surface area contributed by atoms with Crippen LogP contribution in [0, 0.1) is 0 Å². The molecule has 2 nitrogen and oxygen atoms in total. The fourth-order valence-electron chi connectivity index (χ4n) is 2.50. The number of halogens is 2. The highest BCUT2D eigenvalue weighted by Gasteiger charge is 2.09. The van der Waals surface area contributed by atoms with Crippen molar-refractivity contribution in [3.63, 3.8) is 0 Å². The van der Waals surface area contributed by atoms with Gasteiger partial charge >= 0.3 is 0 Å². The topological polar surface area (TPSA) is 27.8 Å². The van der Waals surface area contributed by atoms with Crippen molar-refractivity contribution in [1.82, 2.24) is 4.98 Å². The first kappa shape index (κ1) is 14.5. The third-order valence-corrected chi connectivity index (χ3v) is 4.54. The lowest BCUT2D eigenvalue weighted by molar-refractivity contribution is 1.06. The molecule has 1 heterocycles. The van der Waals surface area contributed by atoms with Gasteiger partial charge in [0.2, 0.25) is 0 Å². The molecule has 0 aliphatic rings. The zero-order valence-corrected chi connectivity index (χ0v) is 14.1. The Hall–Kier alpha value is -1.45. The van der Waals surface area contributed by atoms with E-state index >= 15 is 0 Å². The molecule has 0 aliphatic carbocycles. The van der Waals surface area contributed by atoms with Gasteiger partial charge in [-0.15, -0.1) is 0 Å². The molecule has 2 N–H and O–H groups in total. The highest BCUT2D eigenvalue weighted by atomic mass is 79.9. The predicted molar refractivity (Wildman–Crippen MR) is 94.2 cm³/mol. The van der Waals surface area contributed by atoms with Crippen LogP contribution >= 0.6 is 27.5 Å². The number of para-hydroxylation sites is 1. The summed E-state index contributed by atoms with van der Waals surface area (Å²) in [7, 11) is 0. The van der Waals surface area contributed by atoms with Crippen LogP contribution in [0.25, 0.3) is 10.9 Å². The molecule has 0 unspecified atom stereocenters. The number of hydrogen-bond acceptors (Lipinski definition) is 1. The maximum absolute atomic E-state index is 6.44. The number of aryl methyl sites for hydroxylation is 1. The number of aromatic amines is 1. The number of benzene rings is 2. The molecule has 0 bridgehead atoms. The number of aromatic nitrogens is 1. The van der Waals surface area contributed by atoms with Crippen LogP contribution in [-0.4, -0.2) is 4.98 Å². The average Bonchev–Trinajstić information content (AvgIpc) is 2.83. The fourth-order valence-corrected chi connectivity index (χ4v) is 3.18. The second-order valence-electron chi connectivity index (χ2n) is 4.97. The Morgan fingerprint density at radius 2 is 2.00 bits per heavy atom. The first-order chi connectivity index (χ1) is 10.2. The molecule has 0 fully saturated rings. The molecule has 108 valence electrons. The minimum absolute atomic E-state index is 0.683. The van der Waals surface area contributed by atoms with Gasteiger partial charge in [0.25, 0.3) is 0 Å². The van der Waals surface area contributed by atoms with E-state index in [0.717, 1.165) is 38.2 Å². The second-order valence-corrected chi connectivity index (χ2v) is 6.27. The summed E-state index contributed by atoms with van der Waals surface area (Å²) in [4.78, 5) is 3.38. The van der Waals surface area contributed by atoms with Gasteiger partial charge in [0.1, 0.15) is 0 Å². The zero-order chi connectivity index (χ0) is 14.8. The third-order valence-electron chi connectivity index (χ3n) is 3.62. The lowest BCUT2D eigenvalue weighted by Gasteiger charge is -2.11. The van der Waals surface area contributed by atoms with E-state index in [0.29, 0.717) is 6.54 Å². The second kappa shape index (κ2) is 6.12. The number of anilines is 1. The summed E-state index contributed by atoms with van der Waals surface area (Å²) in [5, 5.41) is 5.34. The summed E-state index contributed by atoms with van der Waals surface area (Å²) in [6.45, 7) is 2.84. The predicted octanol–water partition coefficient (Wildman–Crippen LogP) is 5.76. The van der Waals surface area contributed by atoms with Crippen molar-refractivity contribution >= 4 is 44.1 Å². The van der Waals surface area contributed by atoms with Gasteiger partial charge in [-0.1, -0.05) is 52.7 Å². The standard InChI is InChI=1S/C17H16BrClN2/c1-2-11-9-12(18)7-8-14(11)20-10-16-17(19)13-5-3-4-6-15(13)21-16/h3-9,20-21H,2,10H2,1H3. The highest BCUT2D eigenvalue weighted by molar-refractivity contribution is 9.10. The van der Waals surface area contributed by atoms with Crippen LogP contribution in [-0.2, 0) is 13.0 Å². The van der Waals surface area contributed by atoms with Gasteiger partial charge in [0.05, 0.1) is 17.3 Å². The van der Waals surface area contributed by atoms with Crippen molar-refractivity contribution in [2.24, 2.45) is 0 Å². The first-order valence-electron chi connectivity index (χ1n) is 6.96. The first-order valence-corrected chi connectivity index (χ1v) is 8.13. The molecule has 2 aromatic carbocycles. The lowest BCUT2D eigenvalue weighted by atomic mass is 10.1. The van der Waals surface area contributed by atoms with Gasteiger partial charge in [-0.3, -0.25) is 0 Å². The van der Waals surface area contributed by atoms with Gasteiger partial charge in [-0.25, -0.2) is 0 Å². The Morgan fingerprint density at radius 1 is 1.19 bits per heavy atom. The molecule has 0 spiro atoms. The summed E-state index contributed by atoms with van der Waals surface area (Å²) < 4.78 is 1.11. The van der Waals surface area contributed by atoms with E-state index in [1.165, 1.54) is 5.56 Å². The largest absolute Gasteiger partial charge is 0.379 e. The molecule has 1 aromatic heterocycles. The monoisotopic (exact) mass is 362 g/mol. The van der Waals surface area contributed by atoms with Crippen LogP contribution in [0.15, 0.2) is 46.9 Å². The molecular weight excluding hydrogens is 348 g/mol. The van der Waals surface area contributed by atoms with Crippen LogP contribution in [0.2, 0.25) is 5.02 Å². The van der Waals surface area contributed by atoms with Crippen molar-refractivity contribution in [2.75, 3.05) is 5.32 Å². The Labute approximate surface area is 137 Å². The molecule has 21 heavy (non-hydrogen) atoms. The Morgan fingerprint density at radius 3 is 2.76 bits per heavy atom. The zero-order valence-electron chi connectivity index (χ0n) is 11.7. The van der Waals surface area contributed by atoms with Crippen molar-refractivity contribution < 1.29 is 0 Å². The lowest BCUT2D eigenvalue weighted by Crippen LogP contribution is -2.02. The van der Waals surface area contributed by atoms with Gasteiger partial charge in [0.15, 0.2) is 0 Å². The van der Waals surface area contributed by atoms with Gasteiger partial charge in [-0.2, -0.15) is 0 Å². The normalized spacial score (nSPS) is 11.0. The highest BCUT2D eigenvalue weighted by Crippen LogP contribution is 2.28. The Kier molecular flexibility index (Phi) is 4.22. The molecule has 4 heteroatoms. The smallest absolute Gasteiger partial charge is 0.0710 e. The summed E-state index contributed by atoms with van der Waals surface area (Å²) in [5.74, 6) is 0. The van der Waals surface area contributed by atoms with Crippen molar-refractivity contribution in [1.29, 1.82) is 0 Å². The average molecular weight is 364 g/mol. The van der Waals surface area contributed by atoms with E-state index in [4.69, 9.17) is 11.6 Å². The van der Waals surface area contributed by atoms with Gasteiger partial charge in [-0.05, 0) is 36.2 Å². The van der Waals surface area contributed by atoms with E-state index in [1.807, 2.05) is 30.3 Å². The molecule has 3 aromatic rings. The van der Waals surface area contributed by atoms with Gasteiger partial charge in [0, 0.05) is 21.1 Å². The number of nitrogens with one attached hydrogen (secondary N) is 2. The van der Waals surface area contributed by atoms with E-state index < -0.39 is 0 Å². The Balaban J connectivity index is 1.85. The molecule has 3 rings (SSSR count). The van der Waals surface area contributed by atoms with Crippen LogP contribution in [0.1, 0.15) is 18.2 Å². The molecule has 0 amide bonds. The molecule has 0 saturated heterocycles. The van der Waals surface area contributed by atoms with Crippen LogP contribution in [0.3, 0.4) is 0 Å². The minimum Gasteiger partial charge on any atom is -0.379 e. The number of fused-ring (bicyclic) bond motifs is 1. The summed E-state index contributed by atoms with van der Waals surface area (Å²) in [6.07, 6.45) is 0.988. The summed E-state index contributed by atoms with van der Waals surface area (Å²) >= 11 is 9.96. The van der Waals surface area contributed by atoms with E-state index in [1.54, 1.807) is 0 Å². The van der Waals surface area contributed by atoms with Crippen LogP contribution in [0.4, 0.5) is 5.69 Å². The fraction of sp³-hybridized carbons (Fsp3) is 0.176. The van der Waals surface area contributed by atoms with E-state index in [-0.39, 0.29) is 0 Å². The quantitative estimate of drug-likeness (QED) is 0.606. The third kappa shape index (κ3) is 2.94. The van der Waals surface area contributed by atoms with Crippen LogP contribution in [0.5, 0.6) is 0 Å².